The topological polar surface area (TPSA) is 80.3 Å². The third-order valence-corrected chi connectivity index (χ3v) is 3.58. The van der Waals surface area contributed by atoms with Crippen LogP contribution >= 0.6 is 0 Å². The first-order chi connectivity index (χ1) is 10.8. The molecule has 0 spiro atoms. The predicted octanol–water partition coefficient (Wildman–Crippen LogP) is 2.81. The fourth-order valence-corrected chi connectivity index (χ4v) is 2.38. The van der Waals surface area contributed by atoms with Crippen LogP contribution in [0.3, 0.4) is 0 Å². The van der Waals surface area contributed by atoms with E-state index in [9.17, 15) is 5.26 Å². The highest BCUT2D eigenvalue weighted by molar-refractivity contribution is 5.59. The fraction of sp³-hybridized carbons (Fsp3) is 0.375. The number of methoxy groups -OCH3 is 1. The van der Waals surface area contributed by atoms with Gasteiger partial charge in [0.1, 0.15) is 11.8 Å². The van der Waals surface area contributed by atoms with Crippen molar-refractivity contribution in [3.8, 4) is 23.3 Å². The molecule has 1 N–H and O–H groups in total. The number of hydrogen-bond donors (Lipinski definition) is 1. The number of ether oxygens (including phenoxy) is 2. The molecule has 6 nitrogen and oxygen atoms in total. The Hall–Kier alpha value is -2.52. The summed E-state index contributed by atoms with van der Waals surface area (Å²) in [7, 11) is 1.61. The first-order valence-electron chi connectivity index (χ1n) is 7.21. The first kappa shape index (κ1) is 14.4. The number of nitriles is 1. The lowest BCUT2D eigenvalue weighted by Crippen LogP contribution is -2.18. The largest absolute Gasteiger partial charge is 0.497 e. The molecule has 0 radical (unpaired) electrons. The zero-order valence-electron chi connectivity index (χ0n) is 12.3. The Morgan fingerprint density at radius 2 is 2.23 bits per heavy atom. The lowest BCUT2D eigenvalue weighted by Gasteiger charge is -2.09. The lowest BCUT2D eigenvalue weighted by molar-refractivity contribution is 0.120. The van der Waals surface area contributed by atoms with Crippen LogP contribution in [0.25, 0.3) is 11.5 Å². The number of hydrogen-bond acceptors (Lipinski definition) is 6. The highest BCUT2D eigenvalue weighted by Gasteiger charge is 2.19. The van der Waals surface area contributed by atoms with Crippen molar-refractivity contribution in [2.75, 3.05) is 25.6 Å². The SMILES string of the molecule is COc1ccc(-c2nc(C#N)c(NC[C@@H]3CCCO3)o2)cc1. The van der Waals surface area contributed by atoms with Gasteiger partial charge in [-0.1, -0.05) is 0 Å². The van der Waals surface area contributed by atoms with Crippen LogP contribution in [-0.4, -0.2) is 31.3 Å². The normalized spacial score (nSPS) is 17.2. The molecule has 1 saturated heterocycles. The Morgan fingerprint density at radius 3 is 2.86 bits per heavy atom. The maximum absolute atomic E-state index is 9.19. The van der Waals surface area contributed by atoms with Crippen LogP contribution < -0.4 is 10.1 Å². The molecular formula is C16H17N3O3. The van der Waals surface area contributed by atoms with Gasteiger partial charge in [0.25, 0.3) is 0 Å². The predicted molar refractivity (Wildman–Crippen MR) is 80.7 cm³/mol. The average Bonchev–Trinajstić information content (AvgIpc) is 3.22. The van der Waals surface area contributed by atoms with Crippen molar-refractivity contribution in [3.63, 3.8) is 0 Å². The summed E-state index contributed by atoms with van der Waals surface area (Å²) in [6.45, 7) is 1.41. The van der Waals surface area contributed by atoms with Gasteiger partial charge < -0.3 is 19.2 Å². The van der Waals surface area contributed by atoms with Crippen molar-refractivity contribution < 1.29 is 13.9 Å². The highest BCUT2D eigenvalue weighted by atomic mass is 16.5. The van der Waals surface area contributed by atoms with Crippen LogP contribution in [0, 0.1) is 11.3 Å². The molecule has 0 amide bonds. The molecule has 1 fully saturated rings. The van der Waals surface area contributed by atoms with E-state index < -0.39 is 0 Å². The van der Waals surface area contributed by atoms with Crippen molar-refractivity contribution in [2.45, 2.75) is 18.9 Å². The third kappa shape index (κ3) is 3.05. The smallest absolute Gasteiger partial charge is 0.232 e. The summed E-state index contributed by atoms with van der Waals surface area (Å²) in [4.78, 5) is 4.23. The molecule has 6 heteroatoms. The molecule has 0 unspecified atom stereocenters. The molecule has 2 aromatic rings. The van der Waals surface area contributed by atoms with E-state index in [0.29, 0.717) is 18.3 Å². The molecule has 114 valence electrons. The van der Waals surface area contributed by atoms with Crippen LogP contribution in [0.2, 0.25) is 0 Å². The standard InChI is InChI=1S/C16H17N3O3/c1-20-12-6-4-11(5-7-12)15-19-14(9-17)16(22-15)18-10-13-3-2-8-21-13/h4-7,13,18H,2-3,8,10H2,1H3/t13-/m0/s1. The maximum atomic E-state index is 9.19. The summed E-state index contributed by atoms with van der Waals surface area (Å²) in [6, 6.07) is 9.39. The Kier molecular flexibility index (Phi) is 4.26. The van der Waals surface area contributed by atoms with Gasteiger partial charge in [-0.2, -0.15) is 10.2 Å². The number of oxazole rings is 1. The minimum absolute atomic E-state index is 0.168. The second-order valence-corrected chi connectivity index (χ2v) is 5.05. The van der Waals surface area contributed by atoms with Gasteiger partial charge in [-0.25, -0.2) is 0 Å². The van der Waals surface area contributed by atoms with E-state index in [0.717, 1.165) is 30.8 Å². The van der Waals surface area contributed by atoms with E-state index in [4.69, 9.17) is 13.9 Å². The summed E-state index contributed by atoms with van der Waals surface area (Å²) in [5, 5.41) is 12.3. The third-order valence-electron chi connectivity index (χ3n) is 3.58. The lowest BCUT2D eigenvalue weighted by atomic mass is 10.2. The first-order valence-corrected chi connectivity index (χ1v) is 7.21. The zero-order valence-corrected chi connectivity index (χ0v) is 12.3. The van der Waals surface area contributed by atoms with E-state index in [1.54, 1.807) is 7.11 Å². The van der Waals surface area contributed by atoms with Crippen molar-refractivity contribution in [2.24, 2.45) is 0 Å². The van der Waals surface area contributed by atoms with Crippen LogP contribution in [0.15, 0.2) is 28.7 Å². The van der Waals surface area contributed by atoms with Crippen molar-refractivity contribution in [3.05, 3.63) is 30.0 Å². The summed E-state index contributed by atoms with van der Waals surface area (Å²) in [5.41, 5.74) is 1.05. The second-order valence-electron chi connectivity index (χ2n) is 5.05. The fourth-order valence-electron chi connectivity index (χ4n) is 2.38. The van der Waals surface area contributed by atoms with Crippen LogP contribution in [-0.2, 0) is 4.74 Å². The molecule has 0 aliphatic carbocycles. The maximum Gasteiger partial charge on any atom is 0.232 e. The molecule has 1 aromatic carbocycles. The molecule has 0 bridgehead atoms. The number of benzene rings is 1. The van der Waals surface area contributed by atoms with Gasteiger partial charge >= 0.3 is 0 Å². The van der Waals surface area contributed by atoms with E-state index in [1.807, 2.05) is 24.3 Å². The Morgan fingerprint density at radius 1 is 1.41 bits per heavy atom. The number of aromatic nitrogens is 1. The number of anilines is 1. The molecule has 1 atom stereocenters. The number of rotatable bonds is 5. The zero-order chi connectivity index (χ0) is 15.4. The van der Waals surface area contributed by atoms with Crippen LogP contribution in [0.5, 0.6) is 5.75 Å². The highest BCUT2D eigenvalue weighted by Crippen LogP contribution is 2.27. The van der Waals surface area contributed by atoms with Gasteiger partial charge in [-0.05, 0) is 37.1 Å². The van der Waals surface area contributed by atoms with Gasteiger partial charge in [0, 0.05) is 18.7 Å². The minimum atomic E-state index is 0.168. The molecule has 1 aliphatic rings. The molecule has 2 heterocycles. The van der Waals surface area contributed by atoms with E-state index >= 15 is 0 Å². The number of nitrogens with zero attached hydrogens (tertiary/aromatic N) is 2. The number of nitrogens with one attached hydrogen (secondary N) is 1. The quantitative estimate of drug-likeness (QED) is 0.914. The van der Waals surface area contributed by atoms with Crippen LogP contribution in [0.4, 0.5) is 5.88 Å². The Bertz CT molecular complexity index is 667. The van der Waals surface area contributed by atoms with E-state index in [1.165, 1.54) is 0 Å². The summed E-state index contributed by atoms with van der Waals surface area (Å²) in [5.74, 6) is 1.56. The second kappa shape index (κ2) is 6.50. The summed E-state index contributed by atoms with van der Waals surface area (Å²) < 4.78 is 16.3. The Labute approximate surface area is 128 Å². The van der Waals surface area contributed by atoms with Crippen LogP contribution in [0.1, 0.15) is 18.5 Å². The van der Waals surface area contributed by atoms with Gasteiger partial charge in [0.15, 0.2) is 0 Å². The van der Waals surface area contributed by atoms with Crippen molar-refractivity contribution in [1.82, 2.24) is 4.98 Å². The molecule has 1 aromatic heterocycles. The molecule has 0 saturated carbocycles. The van der Waals surface area contributed by atoms with Gasteiger partial charge in [0.05, 0.1) is 13.2 Å². The van der Waals surface area contributed by atoms with E-state index in [-0.39, 0.29) is 11.8 Å². The molecule has 3 rings (SSSR count). The molecular weight excluding hydrogens is 282 g/mol. The molecule has 22 heavy (non-hydrogen) atoms. The summed E-state index contributed by atoms with van der Waals surface area (Å²) in [6.07, 6.45) is 2.26. The average molecular weight is 299 g/mol. The van der Waals surface area contributed by atoms with Crippen molar-refractivity contribution >= 4 is 5.88 Å². The van der Waals surface area contributed by atoms with E-state index in [2.05, 4.69) is 16.4 Å². The monoisotopic (exact) mass is 299 g/mol. The van der Waals surface area contributed by atoms with Gasteiger partial charge in [-0.15, -0.1) is 0 Å². The van der Waals surface area contributed by atoms with Crippen molar-refractivity contribution in [1.29, 1.82) is 5.26 Å². The Balaban J connectivity index is 1.76. The minimum Gasteiger partial charge on any atom is -0.497 e. The van der Waals surface area contributed by atoms with Gasteiger partial charge in [-0.3, -0.25) is 0 Å². The van der Waals surface area contributed by atoms with Gasteiger partial charge in [0.2, 0.25) is 17.5 Å². The molecule has 1 aliphatic heterocycles. The summed E-state index contributed by atoms with van der Waals surface area (Å²) >= 11 is 0.